The van der Waals surface area contributed by atoms with Gasteiger partial charge in [0.15, 0.2) is 0 Å². The van der Waals surface area contributed by atoms with Crippen molar-refractivity contribution in [3.8, 4) is 33.4 Å². The first-order valence-electron chi connectivity index (χ1n) is 18.4. The quantitative estimate of drug-likeness (QED) is 0.170. The molecular weight excluding hydrogens is 645 g/mol. The van der Waals surface area contributed by atoms with Crippen molar-refractivity contribution in [1.29, 1.82) is 0 Å². The van der Waals surface area contributed by atoms with Crippen LogP contribution in [-0.4, -0.2) is 0 Å². The average Bonchev–Trinajstić information content (AvgIpc) is 3.83. The fraction of sp³-hybridized carbons (Fsp3) is 0.0588. The van der Waals surface area contributed by atoms with Gasteiger partial charge in [0.1, 0.15) is 22.3 Å². The Morgan fingerprint density at radius 2 is 0.906 bits per heavy atom. The highest BCUT2D eigenvalue weighted by atomic mass is 16.3. The van der Waals surface area contributed by atoms with Gasteiger partial charge in [-0.15, -0.1) is 0 Å². The molecule has 0 radical (unpaired) electrons. The van der Waals surface area contributed by atoms with Gasteiger partial charge in [0.2, 0.25) is 0 Å². The second-order valence-electron chi connectivity index (χ2n) is 15.2. The zero-order chi connectivity index (χ0) is 35.0. The van der Waals surface area contributed by atoms with E-state index in [9.17, 15) is 0 Å². The summed E-state index contributed by atoms with van der Waals surface area (Å²) in [6, 6.07) is 57.5. The van der Waals surface area contributed by atoms with Gasteiger partial charge >= 0.3 is 0 Å². The van der Waals surface area contributed by atoms with E-state index in [-0.39, 0.29) is 5.41 Å². The molecule has 0 atom stereocenters. The largest absolute Gasteiger partial charge is 0.456 e. The van der Waals surface area contributed by atoms with E-state index in [0.29, 0.717) is 0 Å². The SMILES string of the molecule is CC1(C)c2cc(-c3c4ccccc4c(-c4ccc5c(c4)oc4ccccc45)c4ccccc34)ccc2-c2cc3c(cc21)oc1ccc2ccccc2c13. The molecule has 1 aliphatic carbocycles. The molecule has 12 rings (SSSR count). The molecular formula is C51H32O2. The molecule has 0 N–H and O–H groups in total. The van der Waals surface area contributed by atoms with Crippen LogP contribution in [0.4, 0.5) is 0 Å². The fourth-order valence-corrected chi connectivity index (χ4v) is 9.56. The van der Waals surface area contributed by atoms with Crippen LogP contribution in [-0.2, 0) is 5.41 Å². The average molecular weight is 677 g/mol. The molecule has 2 heteroatoms. The molecule has 2 heterocycles. The van der Waals surface area contributed by atoms with Crippen LogP contribution in [0.1, 0.15) is 25.0 Å². The Morgan fingerprint density at radius 1 is 0.358 bits per heavy atom. The van der Waals surface area contributed by atoms with Gasteiger partial charge in [-0.3, -0.25) is 0 Å². The highest BCUT2D eigenvalue weighted by molar-refractivity contribution is 6.23. The van der Waals surface area contributed by atoms with Gasteiger partial charge < -0.3 is 8.83 Å². The molecule has 2 aromatic heterocycles. The first kappa shape index (κ1) is 29.0. The maximum atomic E-state index is 6.55. The lowest BCUT2D eigenvalue weighted by molar-refractivity contribution is 0.647. The normalized spacial score (nSPS) is 13.6. The Bertz CT molecular complexity index is 3310. The van der Waals surface area contributed by atoms with E-state index in [0.717, 1.165) is 38.7 Å². The predicted molar refractivity (Wildman–Crippen MR) is 222 cm³/mol. The number of para-hydroxylation sites is 1. The Hall–Kier alpha value is -6.64. The zero-order valence-electron chi connectivity index (χ0n) is 29.3. The summed E-state index contributed by atoms with van der Waals surface area (Å²) in [4.78, 5) is 0. The first-order chi connectivity index (χ1) is 26.0. The van der Waals surface area contributed by atoms with Crippen LogP contribution in [0.2, 0.25) is 0 Å². The van der Waals surface area contributed by atoms with Gasteiger partial charge in [-0.25, -0.2) is 0 Å². The minimum absolute atomic E-state index is 0.205. The van der Waals surface area contributed by atoms with Crippen LogP contribution < -0.4 is 0 Å². The third kappa shape index (κ3) is 3.87. The lowest BCUT2D eigenvalue weighted by atomic mass is 9.80. The lowest BCUT2D eigenvalue weighted by Crippen LogP contribution is -2.15. The number of hydrogen-bond donors (Lipinski definition) is 0. The molecule has 0 aliphatic heterocycles. The number of fused-ring (bicyclic) bond motifs is 13. The summed E-state index contributed by atoms with van der Waals surface area (Å²) < 4.78 is 12.9. The van der Waals surface area contributed by atoms with Crippen LogP contribution in [0.5, 0.6) is 0 Å². The van der Waals surface area contributed by atoms with E-state index in [1.165, 1.54) is 82.0 Å². The van der Waals surface area contributed by atoms with Crippen molar-refractivity contribution < 1.29 is 8.83 Å². The molecule has 0 saturated carbocycles. The summed E-state index contributed by atoms with van der Waals surface area (Å²) >= 11 is 0. The lowest BCUT2D eigenvalue weighted by Gasteiger charge is -2.23. The molecule has 0 bridgehead atoms. The standard InChI is InChI=1S/C51H32O2/c1-51(2)42-25-30(19-22-33(42)40-27-41-47(28-43(40)51)53-45-24-21-29-11-3-4-12-32(29)50(41)45)48-36-14-5-7-16-38(36)49(39-17-8-6-15-37(39)48)31-20-23-35-34-13-9-10-18-44(34)52-46(35)26-31/h3-28H,1-2H3. The molecule has 9 aromatic carbocycles. The second kappa shape index (κ2) is 10.2. The van der Waals surface area contributed by atoms with Gasteiger partial charge in [-0.1, -0.05) is 129 Å². The molecule has 0 amide bonds. The molecule has 0 unspecified atom stereocenters. The number of benzene rings is 9. The van der Waals surface area contributed by atoms with Gasteiger partial charge in [-0.2, -0.15) is 0 Å². The molecule has 11 aromatic rings. The Kier molecular flexibility index (Phi) is 5.60. The van der Waals surface area contributed by atoms with Crippen LogP contribution in [0.25, 0.3) is 110 Å². The van der Waals surface area contributed by atoms with E-state index < -0.39 is 0 Å². The number of hydrogen-bond acceptors (Lipinski definition) is 2. The minimum Gasteiger partial charge on any atom is -0.456 e. The van der Waals surface area contributed by atoms with Crippen molar-refractivity contribution in [2.24, 2.45) is 0 Å². The highest BCUT2D eigenvalue weighted by Gasteiger charge is 2.37. The monoisotopic (exact) mass is 676 g/mol. The van der Waals surface area contributed by atoms with Crippen molar-refractivity contribution in [2.75, 3.05) is 0 Å². The Balaban J connectivity index is 1.08. The van der Waals surface area contributed by atoms with Crippen LogP contribution in [0.3, 0.4) is 0 Å². The number of furan rings is 2. The molecule has 0 saturated heterocycles. The van der Waals surface area contributed by atoms with Crippen molar-refractivity contribution in [1.82, 2.24) is 0 Å². The van der Waals surface area contributed by atoms with Gasteiger partial charge in [0.05, 0.1) is 0 Å². The summed E-state index contributed by atoms with van der Waals surface area (Å²) in [5.74, 6) is 0. The van der Waals surface area contributed by atoms with Gasteiger partial charge in [-0.05, 0) is 119 Å². The van der Waals surface area contributed by atoms with Crippen LogP contribution in [0, 0.1) is 0 Å². The second-order valence-corrected chi connectivity index (χ2v) is 15.2. The smallest absolute Gasteiger partial charge is 0.136 e. The maximum absolute atomic E-state index is 6.55. The summed E-state index contributed by atoms with van der Waals surface area (Å²) in [7, 11) is 0. The predicted octanol–water partition coefficient (Wildman–Crippen LogP) is 14.6. The van der Waals surface area contributed by atoms with E-state index in [1.807, 2.05) is 12.1 Å². The molecule has 53 heavy (non-hydrogen) atoms. The summed E-state index contributed by atoms with van der Waals surface area (Å²) in [6.07, 6.45) is 0. The van der Waals surface area contributed by atoms with Crippen LogP contribution >= 0.6 is 0 Å². The molecule has 248 valence electrons. The zero-order valence-corrected chi connectivity index (χ0v) is 29.3. The van der Waals surface area contributed by atoms with Crippen molar-refractivity contribution in [3.63, 3.8) is 0 Å². The van der Waals surface area contributed by atoms with Crippen molar-refractivity contribution >= 4 is 76.2 Å². The first-order valence-corrected chi connectivity index (χ1v) is 18.4. The maximum Gasteiger partial charge on any atom is 0.136 e. The topological polar surface area (TPSA) is 26.3 Å². The molecule has 1 aliphatic rings. The molecule has 2 nitrogen and oxygen atoms in total. The Labute approximate surface area is 305 Å². The molecule has 0 fully saturated rings. The Morgan fingerprint density at radius 3 is 1.64 bits per heavy atom. The van der Waals surface area contributed by atoms with Gasteiger partial charge in [0.25, 0.3) is 0 Å². The third-order valence-corrected chi connectivity index (χ3v) is 12.0. The highest BCUT2D eigenvalue weighted by Crippen LogP contribution is 2.53. The van der Waals surface area contributed by atoms with E-state index in [2.05, 4.69) is 159 Å². The summed E-state index contributed by atoms with van der Waals surface area (Å²) in [6.45, 7) is 4.72. The third-order valence-electron chi connectivity index (χ3n) is 12.0. The van der Waals surface area contributed by atoms with Crippen LogP contribution in [0.15, 0.2) is 167 Å². The fourth-order valence-electron chi connectivity index (χ4n) is 9.56. The van der Waals surface area contributed by atoms with Crippen molar-refractivity contribution in [2.45, 2.75) is 19.3 Å². The van der Waals surface area contributed by atoms with E-state index >= 15 is 0 Å². The molecule has 0 spiro atoms. The number of rotatable bonds is 2. The summed E-state index contributed by atoms with van der Waals surface area (Å²) in [5.41, 5.74) is 13.7. The van der Waals surface area contributed by atoms with Crippen molar-refractivity contribution in [3.05, 3.63) is 169 Å². The van der Waals surface area contributed by atoms with Gasteiger partial charge in [0, 0.05) is 27.0 Å². The van der Waals surface area contributed by atoms with E-state index in [4.69, 9.17) is 8.83 Å². The summed E-state index contributed by atoms with van der Waals surface area (Å²) in [5, 5.41) is 12.1. The minimum atomic E-state index is -0.205. The van der Waals surface area contributed by atoms with E-state index in [1.54, 1.807) is 0 Å².